The van der Waals surface area contributed by atoms with Crippen molar-refractivity contribution in [2.24, 2.45) is 0 Å². The third kappa shape index (κ3) is 3.10. The molecule has 120 valence electrons. The minimum atomic E-state index is 0.334. The van der Waals surface area contributed by atoms with Gasteiger partial charge in [-0.05, 0) is 36.2 Å². The quantitative estimate of drug-likeness (QED) is 0.870. The zero-order chi connectivity index (χ0) is 15.6. The zero-order valence-electron chi connectivity index (χ0n) is 13.4. The van der Waals surface area contributed by atoms with Crippen LogP contribution in [0, 0.1) is 6.92 Å². The van der Waals surface area contributed by atoms with Crippen LogP contribution < -0.4 is 14.4 Å². The van der Waals surface area contributed by atoms with E-state index < -0.39 is 0 Å². The second-order valence-corrected chi connectivity index (χ2v) is 6.14. The first-order chi connectivity index (χ1) is 11.3. The first-order valence-corrected chi connectivity index (χ1v) is 8.06. The molecule has 2 aliphatic heterocycles. The Kier molecular flexibility index (Phi) is 3.79. The summed E-state index contributed by atoms with van der Waals surface area (Å²) in [6.07, 6.45) is 1.94. The molecule has 2 aromatic rings. The van der Waals surface area contributed by atoms with E-state index >= 15 is 0 Å². The summed E-state index contributed by atoms with van der Waals surface area (Å²) in [6, 6.07) is 10.5. The fraction of sp³-hybridized carbons (Fsp3) is 0.389. The Morgan fingerprint density at radius 3 is 2.61 bits per heavy atom. The highest BCUT2D eigenvalue weighted by atomic mass is 16.7. The van der Waals surface area contributed by atoms with E-state index in [0.717, 1.165) is 50.0 Å². The Labute approximate surface area is 136 Å². The average molecular weight is 311 g/mol. The van der Waals surface area contributed by atoms with Crippen LogP contribution in [0.25, 0.3) is 0 Å². The number of aryl methyl sites for hydroxylation is 1. The lowest BCUT2D eigenvalue weighted by Gasteiger charge is -2.35. The molecule has 1 fully saturated rings. The van der Waals surface area contributed by atoms with Gasteiger partial charge in [-0.1, -0.05) is 12.1 Å². The van der Waals surface area contributed by atoms with Crippen molar-refractivity contribution in [1.29, 1.82) is 0 Å². The lowest BCUT2D eigenvalue weighted by atomic mass is 10.1. The summed E-state index contributed by atoms with van der Waals surface area (Å²) in [5.41, 5.74) is 2.48. The molecule has 0 spiro atoms. The number of anilines is 1. The lowest BCUT2D eigenvalue weighted by molar-refractivity contribution is 0.174. The predicted molar refractivity (Wildman–Crippen MR) is 89.0 cm³/mol. The topological polar surface area (TPSA) is 37.8 Å². The molecule has 1 aromatic carbocycles. The largest absolute Gasteiger partial charge is 0.454 e. The summed E-state index contributed by atoms with van der Waals surface area (Å²) in [5, 5.41) is 0. The number of hydrogen-bond donors (Lipinski definition) is 0. The molecule has 0 saturated carbocycles. The van der Waals surface area contributed by atoms with Gasteiger partial charge >= 0.3 is 0 Å². The van der Waals surface area contributed by atoms with Gasteiger partial charge in [0, 0.05) is 38.9 Å². The molecule has 0 unspecified atom stereocenters. The Balaban J connectivity index is 1.35. The number of aromatic nitrogens is 1. The zero-order valence-corrected chi connectivity index (χ0v) is 13.4. The SMILES string of the molecule is Cc1ccc(N2CCN(Cc3ccc4c(c3)OCO4)CC2)nc1. The summed E-state index contributed by atoms with van der Waals surface area (Å²) in [5.74, 6) is 2.80. The maximum absolute atomic E-state index is 5.46. The Morgan fingerprint density at radius 2 is 1.83 bits per heavy atom. The Bertz CT molecular complexity index is 679. The molecule has 0 bridgehead atoms. The van der Waals surface area contributed by atoms with Crippen LogP contribution in [0.2, 0.25) is 0 Å². The van der Waals surface area contributed by atoms with Crippen LogP contribution in [0.1, 0.15) is 11.1 Å². The van der Waals surface area contributed by atoms with Gasteiger partial charge in [-0.3, -0.25) is 4.90 Å². The molecule has 5 nitrogen and oxygen atoms in total. The average Bonchev–Trinajstić information content (AvgIpc) is 3.04. The summed E-state index contributed by atoms with van der Waals surface area (Å²) >= 11 is 0. The molecular weight excluding hydrogens is 290 g/mol. The van der Waals surface area contributed by atoms with E-state index in [-0.39, 0.29) is 0 Å². The van der Waals surface area contributed by atoms with E-state index in [2.05, 4.69) is 46.0 Å². The van der Waals surface area contributed by atoms with Gasteiger partial charge in [-0.15, -0.1) is 0 Å². The molecule has 23 heavy (non-hydrogen) atoms. The van der Waals surface area contributed by atoms with Gasteiger partial charge in [0.1, 0.15) is 5.82 Å². The van der Waals surface area contributed by atoms with Gasteiger partial charge in [0.15, 0.2) is 11.5 Å². The number of benzene rings is 1. The molecular formula is C18H21N3O2. The van der Waals surface area contributed by atoms with Crippen LogP contribution >= 0.6 is 0 Å². The summed E-state index contributed by atoms with van der Waals surface area (Å²) < 4.78 is 10.8. The Morgan fingerprint density at radius 1 is 1.00 bits per heavy atom. The molecule has 2 aliphatic rings. The molecule has 3 heterocycles. The molecule has 4 rings (SSSR count). The molecule has 5 heteroatoms. The second-order valence-electron chi connectivity index (χ2n) is 6.14. The smallest absolute Gasteiger partial charge is 0.231 e. The molecule has 1 saturated heterocycles. The number of hydrogen-bond acceptors (Lipinski definition) is 5. The first-order valence-electron chi connectivity index (χ1n) is 8.06. The second kappa shape index (κ2) is 6.08. The van der Waals surface area contributed by atoms with E-state index in [1.807, 2.05) is 12.3 Å². The highest BCUT2D eigenvalue weighted by Gasteiger charge is 2.19. The Hall–Kier alpha value is -2.27. The van der Waals surface area contributed by atoms with E-state index in [0.29, 0.717) is 6.79 Å². The lowest BCUT2D eigenvalue weighted by Crippen LogP contribution is -2.46. The minimum absolute atomic E-state index is 0.334. The van der Waals surface area contributed by atoms with Crippen molar-refractivity contribution in [3.63, 3.8) is 0 Å². The maximum Gasteiger partial charge on any atom is 0.231 e. The number of rotatable bonds is 3. The molecule has 0 N–H and O–H groups in total. The van der Waals surface area contributed by atoms with Gasteiger partial charge in [-0.2, -0.15) is 0 Å². The molecule has 0 radical (unpaired) electrons. The highest BCUT2D eigenvalue weighted by Crippen LogP contribution is 2.32. The van der Waals surface area contributed by atoms with E-state index in [1.165, 1.54) is 11.1 Å². The van der Waals surface area contributed by atoms with Gasteiger partial charge in [0.2, 0.25) is 6.79 Å². The third-order valence-electron chi connectivity index (χ3n) is 4.44. The van der Waals surface area contributed by atoms with Gasteiger partial charge in [0.25, 0.3) is 0 Å². The van der Waals surface area contributed by atoms with Crippen LogP contribution in [0.5, 0.6) is 11.5 Å². The predicted octanol–water partition coefficient (Wildman–Crippen LogP) is 2.44. The van der Waals surface area contributed by atoms with Crippen molar-refractivity contribution in [2.75, 3.05) is 37.9 Å². The van der Waals surface area contributed by atoms with Crippen molar-refractivity contribution in [2.45, 2.75) is 13.5 Å². The van der Waals surface area contributed by atoms with Crippen LogP contribution in [0.15, 0.2) is 36.5 Å². The van der Waals surface area contributed by atoms with Crippen molar-refractivity contribution in [1.82, 2.24) is 9.88 Å². The maximum atomic E-state index is 5.46. The van der Waals surface area contributed by atoms with Crippen LogP contribution in [-0.4, -0.2) is 42.9 Å². The van der Waals surface area contributed by atoms with E-state index in [1.54, 1.807) is 0 Å². The van der Waals surface area contributed by atoms with Crippen LogP contribution in [-0.2, 0) is 6.54 Å². The normalized spacial score (nSPS) is 17.5. The summed E-state index contributed by atoms with van der Waals surface area (Å²) in [7, 11) is 0. The van der Waals surface area contributed by atoms with Crippen molar-refractivity contribution < 1.29 is 9.47 Å². The molecule has 0 amide bonds. The molecule has 1 aromatic heterocycles. The standard InChI is InChI=1S/C18H21N3O2/c1-14-2-5-18(19-11-14)21-8-6-20(7-9-21)12-15-3-4-16-17(10-15)23-13-22-16/h2-5,10-11H,6-9,12-13H2,1H3. The van der Waals surface area contributed by atoms with Crippen molar-refractivity contribution in [3.05, 3.63) is 47.7 Å². The fourth-order valence-corrected chi connectivity index (χ4v) is 3.08. The number of nitrogens with zero attached hydrogens (tertiary/aromatic N) is 3. The monoisotopic (exact) mass is 311 g/mol. The summed E-state index contributed by atoms with van der Waals surface area (Å²) in [4.78, 5) is 9.36. The minimum Gasteiger partial charge on any atom is -0.454 e. The molecule has 0 atom stereocenters. The fourth-order valence-electron chi connectivity index (χ4n) is 3.08. The first kappa shape index (κ1) is 14.3. The van der Waals surface area contributed by atoms with E-state index in [9.17, 15) is 0 Å². The molecule has 0 aliphatic carbocycles. The summed E-state index contributed by atoms with van der Waals surface area (Å²) in [6.45, 7) is 7.47. The number of ether oxygens (including phenoxy) is 2. The number of piperazine rings is 1. The van der Waals surface area contributed by atoms with Crippen LogP contribution in [0.3, 0.4) is 0 Å². The van der Waals surface area contributed by atoms with E-state index in [4.69, 9.17) is 9.47 Å². The van der Waals surface area contributed by atoms with Gasteiger partial charge < -0.3 is 14.4 Å². The third-order valence-corrected chi connectivity index (χ3v) is 4.44. The van der Waals surface area contributed by atoms with Gasteiger partial charge in [-0.25, -0.2) is 4.98 Å². The van der Waals surface area contributed by atoms with Crippen LogP contribution in [0.4, 0.5) is 5.82 Å². The number of pyridine rings is 1. The van der Waals surface area contributed by atoms with Crippen molar-refractivity contribution in [3.8, 4) is 11.5 Å². The van der Waals surface area contributed by atoms with Gasteiger partial charge in [0.05, 0.1) is 0 Å². The highest BCUT2D eigenvalue weighted by molar-refractivity contribution is 5.44. The van der Waals surface area contributed by atoms with Crippen molar-refractivity contribution >= 4 is 5.82 Å². The number of fused-ring (bicyclic) bond motifs is 1.